The lowest BCUT2D eigenvalue weighted by molar-refractivity contribution is -0.121. The van der Waals surface area contributed by atoms with E-state index < -0.39 is 0 Å². The molecule has 0 spiro atoms. The molecule has 5 rings (SSSR count). The van der Waals surface area contributed by atoms with E-state index in [2.05, 4.69) is 57.4 Å². The van der Waals surface area contributed by atoms with Crippen LogP contribution in [0.3, 0.4) is 0 Å². The lowest BCUT2D eigenvalue weighted by atomic mass is 9.88. The van der Waals surface area contributed by atoms with Crippen LogP contribution in [0.1, 0.15) is 48.3 Å². The third-order valence-electron chi connectivity index (χ3n) is 7.25. The first kappa shape index (κ1) is 24.3. The molecular weight excluding hydrogens is 449 g/mol. The third-order valence-corrected chi connectivity index (χ3v) is 7.25. The number of hydrogen-bond acceptors (Lipinski definition) is 2. The second-order valence-electron chi connectivity index (χ2n) is 9.78. The first-order valence-electron chi connectivity index (χ1n) is 13.0. The highest BCUT2D eigenvalue weighted by atomic mass is 19.1. The monoisotopic (exact) mass is 483 g/mol. The number of benzene rings is 3. The molecule has 2 heterocycles. The first-order valence-corrected chi connectivity index (χ1v) is 13.0. The number of carbonyl (C=O) groups excluding carboxylic acids is 1. The van der Waals surface area contributed by atoms with Crippen LogP contribution in [0.25, 0.3) is 10.9 Å². The quantitative estimate of drug-likeness (QED) is 0.319. The Kier molecular flexibility index (Phi) is 7.77. The normalized spacial score (nSPS) is 15.1. The number of para-hydroxylation sites is 1. The summed E-state index contributed by atoms with van der Waals surface area (Å²) in [6.45, 7) is 4.54. The Morgan fingerprint density at radius 1 is 0.889 bits per heavy atom. The molecular formula is C31H34FN3O. The number of fused-ring (bicyclic) bond motifs is 1. The summed E-state index contributed by atoms with van der Waals surface area (Å²) in [5.41, 5.74) is 4.40. The summed E-state index contributed by atoms with van der Waals surface area (Å²) in [6.07, 6.45) is 6.29. The number of nitrogens with zero attached hydrogens (tertiary/aromatic N) is 2. The van der Waals surface area contributed by atoms with Crippen LogP contribution >= 0.6 is 0 Å². The Morgan fingerprint density at radius 2 is 1.61 bits per heavy atom. The second kappa shape index (κ2) is 11.5. The van der Waals surface area contributed by atoms with Crippen LogP contribution in [-0.4, -0.2) is 41.6 Å². The molecule has 0 bridgehead atoms. The van der Waals surface area contributed by atoms with E-state index in [1.165, 1.54) is 37.0 Å². The van der Waals surface area contributed by atoms with Crippen molar-refractivity contribution >= 4 is 16.8 Å². The zero-order chi connectivity index (χ0) is 24.7. The van der Waals surface area contributed by atoms with Crippen LogP contribution in [0.2, 0.25) is 0 Å². The van der Waals surface area contributed by atoms with Gasteiger partial charge in [-0.3, -0.25) is 4.79 Å². The number of amides is 1. The van der Waals surface area contributed by atoms with Crippen LogP contribution in [0.4, 0.5) is 4.39 Å². The lowest BCUT2D eigenvalue weighted by Gasteiger charge is -2.26. The SMILES string of the molecule is O=C(C[C@H](c1ccc(F)cc1)c1cn(Cc2ccccc2)c2ccccc12)NCCN1CCCCC1. The minimum absolute atomic E-state index is 0.0289. The van der Waals surface area contributed by atoms with Crippen molar-refractivity contribution in [3.8, 4) is 0 Å². The van der Waals surface area contributed by atoms with E-state index in [0.29, 0.717) is 13.0 Å². The average Bonchev–Trinajstić information content (AvgIpc) is 3.27. The number of piperidine rings is 1. The van der Waals surface area contributed by atoms with Crippen molar-refractivity contribution in [2.75, 3.05) is 26.2 Å². The van der Waals surface area contributed by atoms with Crippen LogP contribution in [-0.2, 0) is 11.3 Å². The van der Waals surface area contributed by atoms with Gasteiger partial charge in [-0.1, -0.05) is 67.1 Å². The molecule has 1 N–H and O–H groups in total. The van der Waals surface area contributed by atoms with Crippen LogP contribution < -0.4 is 5.32 Å². The van der Waals surface area contributed by atoms with Gasteiger partial charge in [0.2, 0.25) is 5.91 Å². The van der Waals surface area contributed by atoms with Crippen LogP contribution in [0.5, 0.6) is 0 Å². The summed E-state index contributed by atoms with van der Waals surface area (Å²) < 4.78 is 16.0. The Hall–Kier alpha value is -3.44. The van der Waals surface area contributed by atoms with E-state index in [1.54, 1.807) is 0 Å². The van der Waals surface area contributed by atoms with Gasteiger partial charge in [0.05, 0.1) is 0 Å². The molecule has 4 aromatic rings. The molecule has 3 aromatic carbocycles. The molecule has 0 aliphatic carbocycles. The van der Waals surface area contributed by atoms with Crippen molar-refractivity contribution in [1.29, 1.82) is 0 Å². The Morgan fingerprint density at radius 3 is 2.39 bits per heavy atom. The number of hydrogen-bond donors (Lipinski definition) is 1. The fraction of sp³-hybridized carbons (Fsp3) is 0.323. The Bertz CT molecular complexity index is 1280. The lowest BCUT2D eigenvalue weighted by Crippen LogP contribution is -2.38. The number of likely N-dealkylation sites (tertiary alicyclic amines) is 1. The highest BCUT2D eigenvalue weighted by molar-refractivity contribution is 5.86. The Labute approximate surface area is 212 Å². The number of aromatic nitrogens is 1. The topological polar surface area (TPSA) is 37.3 Å². The summed E-state index contributed by atoms with van der Waals surface area (Å²) in [4.78, 5) is 15.6. The summed E-state index contributed by atoms with van der Waals surface area (Å²) in [7, 11) is 0. The van der Waals surface area contributed by atoms with E-state index >= 15 is 0 Å². The zero-order valence-corrected chi connectivity index (χ0v) is 20.7. The molecule has 1 atom stereocenters. The van der Waals surface area contributed by atoms with Gasteiger partial charge in [0.1, 0.15) is 5.82 Å². The summed E-state index contributed by atoms with van der Waals surface area (Å²) in [5, 5.41) is 4.27. The van der Waals surface area contributed by atoms with Crippen molar-refractivity contribution in [3.63, 3.8) is 0 Å². The highest BCUT2D eigenvalue weighted by Gasteiger charge is 2.23. The van der Waals surface area contributed by atoms with E-state index in [1.807, 2.05) is 30.3 Å². The largest absolute Gasteiger partial charge is 0.355 e. The molecule has 0 saturated carbocycles. The molecule has 1 aliphatic rings. The maximum absolute atomic E-state index is 13.8. The predicted octanol–water partition coefficient (Wildman–Crippen LogP) is 5.95. The summed E-state index contributed by atoms with van der Waals surface area (Å²) >= 11 is 0. The molecule has 1 aromatic heterocycles. The maximum atomic E-state index is 13.8. The number of halogens is 1. The number of nitrogens with one attached hydrogen (secondary N) is 1. The minimum Gasteiger partial charge on any atom is -0.355 e. The van der Waals surface area contributed by atoms with Gasteiger partial charge in [-0.15, -0.1) is 0 Å². The van der Waals surface area contributed by atoms with Crippen molar-refractivity contribution in [1.82, 2.24) is 14.8 Å². The van der Waals surface area contributed by atoms with Crippen molar-refractivity contribution < 1.29 is 9.18 Å². The van der Waals surface area contributed by atoms with Gasteiger partial charge >= 0.3 is 0 Å². The molecule has 186 valence electrons. The van der Waals surface area contributed by atoms with Gasteiger partial charge < -0.3 is 14.8 Å². The molecule has 0 unspecified atom stereocenters. The highest BCUT2D eigenvalue weighted by Crippen LogP contribution is 2.35. The molecule has 1 aliphatic heterocycles. The fourth-order valence-electron chi connectivity index (χ4n) is 5.36. The van der Waals surface area contributed by atoms with E-state index in [9.17, 15) is 9.18 Å². The van der Waals surface area contributed by atoms with E-state index in [4.69, 9.17) is 0 Å². The van der Waals surface area contributed by atoms with Gasteiger partial charge in [-0.2, -0.15) is 0 Å². The first-order chi connectivity index (χ1) is 17.7. The molecule has 36 heavy (non-hydrogen) atoms. The smallest absolute Gasteiger partial charge is 0.220 e. The van der Waals surface area contributed by atoms with Crippen molar-refractivity contribution in [3.05, 3.63) is 108 Å². The van der Waals surface area contributed by atoms with Gasteiger partial charge in [-0.25, -0.2) is 4.39 Å². The molecule has 1 amide bonds. The average molecular weight is 484 g/mol. The number of rotatable bonds is 9. The van der Waals surface area contributed by atoms with Crippen molar-refractivity contribution in [2.45, 2.75) is 38.1 Å². The van der Waals surface area contributed by atoms with Crippen LogP contribution in [0, 0.1) is 5.82 Å². The van der Waals surface area contributed by atoms with E-state index in [0.717, 1.165) is 48.2 Å². The maximum Gasteiger partial charge on any atom is 0.220 e. The third kappa shape index (κ3) is 5.85. The van der Waals surface area contributed by atoms with Gasteiger partial charge in [0.15, 0.2) is 0 Å². The molecule has 1 saturated heterocycles. The van der Waals surface area contributed by atoms with E-state index in [-0.39, 0.29) is 17.6 Å². The Balaban J connectivity index is 1.41. The standard InChI is InChI=1S/C31H34FN3O/c32-26-15-13-25(14-16-26)28(21-31(36)33-17-20-34-18-7-2-8-19-34)29-23-35(22-24-9-3-1-4-10-24)30-12-6-5-11-27(29)30/h1,3-6,9-16,23,28H,2,7-8,17-22H2,(H,33,36)/t28-/m1/s1. The molecule has 0 radical (unpaired) electrons. The minimum atomic E-state index is -0.269. The van der Waals surface area contributed by atoms with Gasteiger partial charge in [0.25, 0.3) is 0 Å². The van der Waals surface area contributed by atoms with Gasteiger partial charge in [-0.05, 0) is 60.8 Å². The van der Waals surface area contributed by atoms with Gasteiger partial charge in [0, 0.05) is 49.1 Å². The summed E-state index contributed by atoms with van der Waals surface area (Å²) in [6, 6.07) is 25.3. The molecule has 4 nitrogen and oxygen atoms in total. The fourth-order valence-corrected chi connectivity index (χ4v) is 5.36. The molecule has 5 heteroatoms. The number of carbonyl (C=O) groups is 1. The van der Waals surface area contributed by atoms with Crippen LogP contribution in [0.15, 0.2) is 85.1 Å². The summed E-state index contributed by atoms with van der Waals surface area (Å²) in [5.74, 6) is -0.404. The molecule has 1 fully saturated rings. The zero-order valence-electron chi connectivity index (χ0n) is 20.7. The van der Waals surface area contributed by atoms with Crippen molar-refractivity contribution in [2.24, 2.45) is 0 Å². The predicted molar refractivity (Wildman–Crippen MR) is 144 cm³/mol. The second-order valence-corrected chi connectivity index (χ2v) is 9.78.